The van der Waals surface area contributed by atoms with Gasteiger partial charge in [-0.2, -0.15) is 0 Å². The third-order valence-electron chi connectivity index (χ3n) is 3.86. The maximum Gasteiger partial charge on any atom is 0.367 e. The standard InChI is InChI=1S/C17H27N2O10P/c1-7-27-30(23,28-8-2)10-26-14-13(11(3)29-19-14)9-17(15(21)24-5,16(22)25-6)18-12(4)20/h7-10H2,1-6H3,(H,18,20). The van der Waals surface area contributed by atoms with Crippen LogP contribution in [-0.4, -0.2) is 62.3 Å². The van der Waals surface area contributed by atoms with Gasteiger partial charge in [0.05, 0.1) is 33.0 Å². The highest BCUT2D eigenvalue weighted by atomic mass is 31.2. The van der Waals surface area contributed by atoms with Gasteiger partial charge in [0, 0.05) is 13.3 Å². The number of nitrogens with one attached hydrogen (secondary N) is 1. The SMILES string of the molecule is CCOP(=O)(COc1noc(C)c1CC(NC(C)=O)(C(=O)OC)C(=O)OC)OCC. The lowest BCUT2D eigenvalue weighted by Gasteiger charge is -2.28. The molecule has 0 aliphatic heterocycles. The van der Waals surface area contributed by atoms with Crippen molar-refractivity contribution in [3.05, 3.63) is 11.3 Å². The highest BCUT2D eigenvalue weighted by molar-refractivity contribution is 7.53. The van der Waals surface area contributed by atoms with Gasteiger partial charge >= 0.3 is 19.5 Å². The largest absolute Gasteiger partial charge is 0.467 e. The first-order valence-electron chi connectivity index (χ1n) is 9.00. The van der Waals surface area contributed by atoms with Crippen LogP contribution in [-0.2, 0) is 43.9 Å². The maximum atomic E-state index is 12.6. The molecule has 0 saturated heterocycles. The molecule has 170 valence electrons. The lowest BCUT2D eigenvalue weighted by atomic mass is 9.90. The van der Waals surface area contributed by atoms with E-state index >= 15 is 0 Å². The molecule has 0 atom stereocenters. The summed E-state index contributed by atoms with van der Waals surface area (Å²) in [6.45, 7) is 6.17. The summed E-state index contributed by atoms with van der Waals surface area (Å²) < 4.78 is 42.9. The first-order valence-corrected chi connectivity index (χ1v) is 10.7. The van der Waals surface area contributed by atoms with E-state index in [0.29, 0.717) is 0 Å². The van der Waals surface area contributed by atoms with Crippen molar-refractivity contribution in [2.24, 2.45) is 0 Å². The van der Waals surface area contributed by atoms with Crippen molar-refractivity contribution < 1.29 is 46.7 Å². The first kappa shape index (κ1) is 25.6. The summed E-state index contributed by atoms with van der Waals surface area (Å²) in [5.74, 6) is -2.78. The Hall–Kier alpha value is -2.43. The summed E-state index contributed by atoms with van der Waals surface area (Å²) in [5.41, 5.74) is -2.06. The van der Waals surface area contributed by atoms with E-state index in [9.17, 15) is 18.9 Å². The molecule has 1 aromatic rings. The van der Waals surface area contributed by atoms with Crippen LogP contribution >= 0.6 is 7.60 Å². The molecule has 0 bridgehead atoms. The maximum absolute atomic E-state index is 12.6. The molecule has 0 saturated carbocycles. The van der Waals surface area contributed by atoms with Crippen molar-refractivity contribution in [3.63, 3.8) is 0 Å². The van der Waals surface area contributed by atoms with Crippen molar-refractivity contribution in [2.45, 2.75) is 39.7 Å². The van der Waals surface area contributed by atoms with Crippen LogP contribution in [0.25, 0.3) is 0 Å². The molecule has 1 heterocycles. The average molecular weight is 450 g/mol. The number of rotatable bonds is 12. The van der Waals surface area contributed by atoms with Crippen molar-refractivity contribution >= 4 is 25.4 Å². The second-order valence-electron chi connectivity index (χ2n) is 5.99. The van der Waals surface area contributed by atoms with Crippen LogP contribution in [0.5, 0.6) is 5.88 Å². The van der Waals surface area contributed by atoms with Crippen LogP contribution in [0.1, 0.15) is 32.1 Å². The normalized spacial score (nSPS) is 11.7. The van der Waals surface area contributed by atoms with Gasteiger partial charge in [-0.1, -0.05) is 0 Å². The number of aromatic nitrogens is 1. The molecule has 0 radical (unpaired) electrons. The van der Waals surface area contributed by atoms with Crippen LogP contribution in [0.4, 0.5) is 0 Å². The number of ether oxygens (including phenoxy) is 3. The number of carbonyl (C=O) groups excluding carboxylic acids is 3. The lowest BCUT2D eigenvalue weighted by Crippen LogP contribution is -2.62. The minimum Gasteiger partial charge on any atom is -0.467 e. The zero-order valence-corrected chi connectivity index (χ0v) is 18.7. The fourth-order valence-electron chi connectivity index (χ4n) is 2.62. The minimum absolute atomic E-state index is 0.127. The molecular formula is C17H27N2O10P. The Morgan fingerprint density at radius 1 is 1.10 bits per heavy atom. The van der Waals surface area contributed by atoms with Gasteiger partial charge in [-0.15, -0.1) is 0 Å². The van der Waals surface area contributed by atoms with Gasteiger partial charge in [-0.25, -0.2) is 9.59 Å². The summed E-state index contributed by atoms with van der Waals surface area (Å²) in [5, 5.41) is 6.01. The van der Waals surface area contributed by atoms with Crippen molar-refractivity contribution in [2.75, 3.05) is 33.8 Å². The van der Waals surface area contributed by atoms with E-state index in [2.05, 4.69) is 10.5 Å². The van der Waals surface area contributed by atoms with Crippen LogP contribution in [0.2, 0.25) is 0 Å². The Labute approximate surface area is 174 Å². The molecule has 0 aliphatic rings. The zero-order valence-electron chi connectivity index (χ0n) is 17.8. The molecule has 12 nitrogen and oxygen atoms in total. The molecule has 0 spiro atoms. The van der Waals surface area contributed by atoms with E-state index in [1.54, 1.807) is 13.8 Å². The second kappa shape index (κ2) is 11.1. The van der Waals surface area contributed by atoms with Crippen LogP contribution in [0.3, 0.4) is 0 Å². The van der Waals surface area contributed by atoms with Gasteiger partial charge in [0.1, 0.15) is 5.76 Å². The Morgan fingerprint density at radius 2 is 1.63 bits per heavy atom. The second-order valence-corrected chi connectivity index (χ2v) is 7.99. The molecule has 30 heavy (non-hydrogen) atoms. The highest BCUT2D eigenvalue weighted by Crippen LogP contribution is 2.48. The van der Waals surface area contributed by atoms with Crippen molar-refractivity contribution in [3.8, 4) is 5.88 Å². The average Bonchev–Trinajstić information content (AvgIpc) is 3.04. The van der Waals surface area contributed by atoms with E-state index in [0.717, 1.165) is 21.1 Å². The van der Waals surface area contributed by atoms with E-state index < -0.39 is 43.7 Å². The van der Waals surface area contributed by atoms with E-state index in [1.165, 1.54) is 6.92 Å². The lowest BCUT2D eigenvalue weighted by molar-refractivity contribution is -0.165. The van der Waals surface area contributed by atoms with Gasteiger partial charge in [0.2, 0.25) is 11.4 Å². The summed E-state index contributed by atoms with van der Waals surface area (Å²) in [6.07, 6.45) is -0.943. The van der Waals surface area contributed by atoms with Crippen molar-refractivity contribution in [1.82, 2.24) is 10.5 Å². The molecule has 0 aliphatic carbocycles. The van der Waals surface area contributed by atoms with Crippen LogP contribution in [0.15, 0.2) is 4.52 Å². The van der Waals surface area contributed by atoms with Gasteiger partial charge < -0.3 is 33.1 Å². The molecular weight excluding hydrogens is 423 g/mol. The number of hydrogen-bond acceptors (Lipinski definition) is 11. The molecule has 0 fully saturated rings. The number of hydrogen-bond donors (Lipinski definition) is 1. The quantitative estimate of drug-likeness (QED) is 0.279. The predicted molar refractivity (Wildman–Crippen MR) is 102 cm³/mol. The Bertz CT molecular complexity index is 780. The van der Waals surface area contributed by atoms with E-state index in [-0.39, 0.29) is 30.4 Å². The predicted octanol–water partition coefficient (Wildman–Crippen LogP) is 1.35. The van der Waals surface area contributed by atoms with Crippen LogP contribution in [0, 0.1) is 6.92 Å². The third kappa shape index (κ3) is 6.04. The number of methoxy groups -OCH3 is 2. The molecule has 1 aromatic heterocycles. The van der Waals surface area contributed by atoms with Crippen molar-refractivity contribution in [1.29, 1.82) is 0 Å². The smallest absolute Gasteiger partial charge is 0.367 e. The fourth-order valence-corrected chi connectivity index (χ4v) is 3.91. The number of esters is 2. The van der Waals surface area contributed by atoms with Gasteiger partial charge in [0.25, 0.3) is 5.88 Å². The number of carbonyl (C=O) groups is 3. The molecule has 0 unspecified atom stereocenters. The topological polar surface area (TPSA) is 152 Å². The summed E-state index contributed by atoms with van der Waals surface area (Å²) in [7, 11) is -1.46. The Morgan fingerprint density at radius 3 is 2.07 bits per heavy atom. The number of amides is 1. The monoisotopic (exact) mass is 450 g/mol. The fraction of sp³-hybridized carbons (Fsp3) is 0.647. The van der Waals surface area contributed by atoms with Crippen LogP contribution < -0.4 is 10.1 Å². The third-order valence-corrected chi connectivity index (χ3v) is 5.61. The Balaban J connectivity index is 3.31. The molecule has 0 aromatic carbocycles. The molecule has 1 amide bonds. The molecule has 13 heteroatoms. The molecule has 1 N–H and O–H groups in total. The summed E-state index contributed by atoms with van der Waals surface area (Å²) >= 11 is 0. The first-order chi connectivity index (χ1) is 14.1. The zero-order chi connectivity index (χ0) is 22.9. The minimum atomic E-state index is -3.58. The van der Waals surface area contributed by atoms with E-state index in [1.807, 2.05) is 0 Å². The van der Waals surface area contributed by atoms with Gasteiger partial charge in [0.15, 0.2) is 6.35 Å². The Kier molecular flexibility index (Phi) is 9.47. The molecule has 1 rings (SSSR count). The number of nitrogens with zero attached hydrogens (tertiary/aromatic N) is 1. The summed E-state index contributed by atoms with van der Waals surface area (Å²) in [6, 6.07) is 0. The van der Waals surface area contributed by atoms with E-state index in [4.69, 9.17) is 27.8 Å². The summed E-state index contributed by atoms with van der Waals surface area (Å²) in [4.78, 5) is 36.7. The van der Waals surface area contributed by atoms with Gasteiger partial charge in [-0.3, -0.25) is 9.36 Å². The highest BCUT2D eigenvalue weighted by Gasteiger charge is 2.51. The van der Waals surface area contributed by atoms with Gasteiger partial charge in [-0.05, 0) is 25.9 Å². The number of aryl methyl sites for hydroxylation is 1.